The summed E-state index contributed by atoms with van der Waals surface area (Å²) in [7, 11) is 0. The first-order chi connectivity index (χ1) is 8.56. The Morgan fingerprint density at radius 3 is 2.50 bits per heavy atom. The predicted molar refractivity (Wildman–Crippen MR) is 76.1 cm³/mol. The van der Waals surface area contributed by atoms with Crippen molar-refractivity contribution in [1.29, 1.82) is 0 Å². The predicted octanol–water partition coefficient (Wildman–Crippen LogP) is 4.12. The minimum absolute atomic E-state index is 0.505. The lowest BCUT2D eigenvalue weighted by molar-refractivity contribution is 0.306. The minimum Gasteiger partial charge on any atom is -0.487 e. The van der Waals surface area contributed by atoms with Gasteiger partial charge < -0.3 is 10.5 Å². The van der Waals surface area contributed by atoms with Gasteiger partial charge in [-0.25, -0.2) is 0 Å². The van der Waals surface area contributed by atoms with Gasteiger partial charge in [-0.1, -0.05) is 29.8 Å². The molecule has 2 aromatic rings. The number of aryl methyl sites for hydroxylation is 2. The monoisotopic (exact) mass is 261 g/mol. The van der Waals surface area contributed by atoms with Crippen LogP contribution in [0.5, 0.6) is 5.75 Å². The van der Waals surface area contributed by atoms with Crippen molar-refractivity contribution in [3.8, 4) is 5.75 Å². The summed E-state index contributed by atoms with van der Waals surface area (Å²) < 4.78 is 5.69. The summed E-state index contributed by atoms with van der Waals surface area (Å²) in [5, 5.41) is 0.541. The molecule has 0 heterocycles. The molecule has 0 radical (unpaired) electrons. The molecule has 0 aromatic heterocycles. The van der Waals surface area contributed by atoms with Crippen molar-refractivity contribution < 1.29 is 4.74 Å². The molecule has 0 aliphatic carbocycles. The van der Waals surface area contributed by atoms with Crippen molar-refractivity contribution in [2.75, 3.05) is 5.73 Å². The highest BCUT2D eigenvalue weighted by atomic mass is 35.5. The zero-order valence-corrected chi connectivity index (χ0v) is 11.3. The van der Waals surface area contributed by atoms with Crippen LogP contribution in [0.25, 0.3) is 0 Å². The number of hydrogen-bond donors (Lipinski definition) is 1. The molecule has 0 atom stereocenters. The second-order valence-corrected chi connectivity index (χ2v) is 4.80. The molecule has 94 valence electrons. The van der Waals surface area contributed by atoms with Crippen LogP contribution in [0, 0.1) is 13.8 Å². The van der Waals surface area contributed by atoms with E-state index in [1.54, 1.807) is 18.2 Å². The Balaban J connectivity index is 2.09. The van der Waals surface area contributed by atoms with Crippen molar-refractivity contribution in [2.24, 2.45) is 0 Å². The summed E-state index contributed by atoms with van der Waals surface area (Å²) in [5.41, 5.74) is 9.94. The number of hydrogen-bond acceptors (Lipinski definition) is 2. The van der Waals surface area contributed by atoms with Gasteiger partial charge in [0.2, 0.25) is 0 Å². The van der Waals surface area contributed by atoms with E-state index in [1.165, 1.54) is 11.1 Å². The maximum Gasteiger partial charge on any atom is 0.138 e. The Kier molecular flexibility index (Phi) is 3.78. The van der Waals surface area contributed by atoms with E-state index in [2.05, 4.69) is 32.0 Å². The molecule has 0 saturated carbocycles. The number of rotatable bonds is 3. The van der Waals surface area contributed by atoms with Gasteiger partial charge in [0.15, 0.2) is 0 Å². The van der Waals surface area contributed by atoms with Gasteiger partial charge in [-0.3, -0.25) is 0 Å². The molecule has 2 aromatic carbocycles. The van der Waals surface area contributed by atoms with Gasteiger partial charge in [-0.15, -0.1) is 0 Å². The van der Waals surface area contributed by atoms with E-state index in [1.807, 2.05) is 0 Å². The van der Waals surface area contributed by atoms with Crippen LogP contribution in [0.4, 0.5) is 5.69 Å². The van der Waals surface area contributed by atoms with Gasteiger partial charge in [-0.2, -0.15) is 0 Å². The van der Waals surface area contributed by atoms with Crippen LogP contribution in [0.1, 0.15) is 16.7 Å². The fourth-order valence-corrected chi connectivity index (χ4v) is 1.93. The molecule has 0 aliphatic rings. The zero-order chi connectivity index (χ0) is 13.1. The Morgan fingerprint density at radius 2 is 1.83 bits per heavy atom. The maximum atomic E-state index is 6.05. The fraction of sp³-hybridized carbons (Fsp3) is 0.200. The van der Waals surface area contributed by atoms with Crippen LogP contribution < -0.4 is 10.5 Å². The molecule has 2 nitrogen and oxygen atoms in total. The molecular formula is C15H16ClNO. The molecular weight excluding hydrogens is 246 g/mol. The molecule has 3 heteroatoms. The Labute approximate surface area is 112 Å². The number of nitrogen functional groups attached to an aromatic ring is 1. The molecule has 0 aliphatic heterocycles. The molecule has 2 rings (SSSR count). The van der Waals surface area contributed by atoms with E-state index in [0.717, 1.165) is 5.56 Å². The molecule has 0 saturated heterocycles. The Bertz CT molecular complexity index is 566. The average Bonchev–Trinajstić information content (AvgIpc) is 2.32. The highest BCUT2D eigenvalue weighted by Gasteiger charge is 2.03. The van der Waals surface area contributed by atoms with Crippen LogP contribution in [-0.2, 0) is 6.61 Å². The van der Waals surface area contributed by atoms with E-state index < -0.39 is 0 Å². The summed E-state index contributed by atoms with van der Waals surface area (Å²) in [4.78, 5) is 0. The molecule has 0 unspecified atom stereocenters. The van der Waals surface area contributed by atoms with E-state index >= 15 is 0 Å². The van der Waals surface area contributed by atoms with Crippen LogP contribution in [0.15, 0.2) is 36.4 Å². The van der Waals surface area contributed by atoms with Crippen LogP contribution in [0.2, 0.25) is 5.02 Å². The van der Waals surface area contributed by atoms with Gasteiger partial charge in [0.05, 0.1) is 5.02 Å². The summed E-state index contributed by atoms with van der Waals surface area (Å²) in [5.74, 6) is 0.657. The number of anilines is 1. The van der Waals surface area contributed by atoms with Gasteiger partial charge in [-0.05, 0) is 48.7 Å². The van der Waals surface area contributed by atoms with Gasteiger partial charge in [0, 0.05) is 5.69 Å². The van der Waals surface area contributed by atoms with Crippen LogP contribution >= 0.6 is 11.6 Å². The van der Waals surface area contributed by atoms with E-state index in [4.69, 9.17) is 22.1 Å². The third-order valence-electron chi connectivity index (χ3n) is 2.92. The first-order valence-corrected chi connectivity index (χ1v) is 6.18. The number of nitrogens with two attached hydrogens (primary N) is 1. The smallest absolute Gasteiger partial charge is 0.138 e. The summed E-state index contributed by atoms with van der Waals surface area (Å²) >= 11 is 6.05. The van der Waals surface area contributed by atoms with Crippen LogP contribution in [-0.4, -0.2) is 0 Å². The van der Waals surface area contributed by atoms with Gasteiger partial charge in [0.25, 0.3) is 0 Å². The third-order valence-corrected chi connectivity index (χ3v) is 3.22. The zero-order valence-electron chi connectivity index (χ0n) is 10.5. The summed E-state index contributed by atoms with van der Waals surface area (Å²) in [6, 6.07) is 11.5. The maximum absolute atomic E-state index is 6.05. The first-order valence-electron chi connectivity index (χ1n) is 5.80. The van der Waals surface area contributed by atoms with E-state index in [0.29, 0.717) is 23.1 Å². The lowest BCUT2D eigenvalue weighted by Crippen LogP contribution is -1.97. The molecule has 18 heavy (non-hydrogen) atoms. The quantitative estimate of drug-likeness (QED) is 0.844. The standard InChI is InChI=1S/C15H16ClNO/c1-10-3-4-12(7-11(10)2)9-18-15-6-5-13(17)8-14(15)16/h3-8H,9,17H2,1-2H3. The normalized spacial score (nSPS) is 10.4. The second kappa shape index (κ2) is 5.32. The summed E-state index contributed by atoms with van der Waals surface area (Å²) in [6.07, 6.45) is 0. The van der Waals surface area contributed by atoms with E-state index in [-0.39, 0.29) is 0 Å². The van der Waals surface area contributed by atoms with Crippen molar-refractivity contribution in [3.63, 3.8) is 0 Å². The molecule has 0 fully saturated rings. The molecule has 2 N–H and O–H groups in total. The largest absolute Gasteiger partial charge is 0.487 e. The number of halogens is 1. The Hall–Kier alpha value is -1.67. The van der Waals surface area contributed by atoms with Gasteiger partial charge in [0.1, 0.15) is 12.4 Å². The van der Waals surface area contributed by atoms with Gasteiger partial charge >= 0.3 is 0 Å². The SMILES string of the molecule is Cc1ccc(COc2ccc(N)cc2Cl)cc1C. The fourth-order valence-electron chi connectivity index (χ4n) is 1.69. The van der Waals surface area contributed by atoms with E-state index in [9.17, 15) is 0 Å². The lowest BCUT2D eigenvalue weighted by atomic mass is 10.1. The van der Waals surface area contributed by atoms with Crippen molar-refractivity contribution in [2.45, 2.75) is 20.5 Å². The minimum atomic E-state index is 0.505. The highest BCUT2D eigenvalue weighted by molar-refractivity contribution is 6.32. The van der Waals surface area contributed by atoms with Crippen LogP contribution in [0.3, 0.4) is 0 Å². The third kappa shape index (κ3) is 2.96. The lowest BCUT2D eigenvalue weighted by Gasteiger charge is -2.10. The number of ether oxygens (including phenoxy) is 1. The molecule has 0 spiro atoms. The second-order valence-electron chi connectivity index (χ2n) is 4.40. The average molecular weight is 262 g/mol. The topological polar surface area (TPSA) is 35.2 Å². The first kappa shape index (κ1) is 12.8. The number of benzene rings is 2. The van der Waals surface area contributed by atoms with Crippen molar-refractivity contribution in [1.82, 2.24) is 0 Å². The van der Waals surface area contributed by atoms with Crippen molar-refractivity contribution in [3.05, 3.63) is 58.1 Å². The molecule has 0 amide bonds. The van der Waals surface area contributed by atoms with Crippen molar-refractivity contribution >= 4 is 17.3 Å². The highest BCUT2D eigenvalue weighted by Crippen LogP contribution is 2.27. The summed E-state index contributed by atoms with van der Waals surface area (Å²) in [6.45, 7) is 4.69. The Morgan fingerprint density at radius 1 is 1.06 bits per heavy atom. The molecule has 0 bridgehead atoms.